The van der Waals surface area contributed by atoms with Crippen molar-refractivity contribution in [2.24, 2.45) is 11.8 Å². The molecule has 0 radical (unpaired) electrons. The van der Waals surface area contributed by atoms with Crippen molar-refractivity contribution < 1.29 is 17.7 Å². The SMILES string of the molecule is CC1CCN(CCNC(=O)c2nc(-c3ccc(S(=O)(=O)N4CCC(C)CC4)cc3)no2)CC1. The second kappa shape index (κ2) is 10.3. The zero-order valence-corrected chi connectivity index (χ0v) is 20.2. The highest BCUT2D eigenvalue weighted by atomic mass is 32.2. The molecule has 2 aromatic rings. The van der Waals surface area contributed by atoms with Gasteiger partial charge < -0.3 is 14.7 Å². The van der Waals surface area contributed by atoms with Gasteiger partial charge in [-0.25, -0.2) is 8.42 Å². The molecule has 180 valence electrons. The Labute approximate surface area is 195 Å². The molecular weight excluding hydrogens is 442 g/mol. The molecule has 0 bridgehead atoms. The number of carbonyl (C=O) groups is 1. The maximum Gasteiger partial charge on any atom is 0.316 e. The Morgan fingerprint density at radius 3 is 2.27 bits per heavy atom. The molecule has 0 unspecified atom stereocenters. The Bertz CT molecular complexity index is 1040. The minimum atomic E-state index is -3.51. The van der Waals surface area contributed by atoms with E-state index in [1.807, 2.05) is 0 Å². The summed E-state index contributed by atoms with van der Waals surface area (Å²) in [6.45, 7) is 8.95. The van der Waals surface area contributed by atoms with Crippen LogP contribution in [-0.2, 0) is 10.0 Å². The van der Waals surface area contributed by atoms with E-state index in [0.717, 1.165) is 38.4 Å². The van der Waals surface area contributed by atoms with Crippen LogP contribution in [0, 0.1) is 11.8 Å². The highest BCUT2D eigenvalue weighted by molar-refractivity contribution is 7.89. The fraction of sp³-hybridized carbons (Fsp3) is 0.609. The van der Waals surface area contributed by atoms with Crippen molar-refractivity contribution >= 4 is 15.9 Å². The highest BCUT2D eigenvalue weighted by Crippen LogP contribution is 2.25. The van der Waals surface area contributed by atoms with E-state index >= 15 is 0 Å². The van der Waals surface area contributed by atoms with Crippen LogP contribution < -0.4 is 5.32 Å². The first kappa shape index (κ1) is 23.8. The lowest BCUT2D eigenvalue weighted by atomic mass is 9.99. The van der Waals surface area contributed by atoms with E-state index in [9.17, 15) is 13.2 Å². The molecule has 2 saturated heterocycles. The number of aromatic nitrogens is 2. The first-order chi connectivity index (χ1) is 15.8. The van der Waals surface area contributed by atoms with E-state index < -0.39 is 15.9 Å². The minimum Gasteiger partial charge on any atom is -0.347 e. The summed E-state index contributed by atoms with van der Waals surface area (Å²) in [4.78, 5) is 19.1. The van der Waals surface area contributed by atoms with Crippen LogP contribution in [-0.4, -0.2) is 72.9 Å². The van der Waals surface area contributed by atoms with E-state index in [1.165, 1.54) is 12.8 Å². The summed E-state index contributed by atoms with van der Waals surface area (Å²) in [6, 6.07) is 6.39. The van der Waals surface area contributed by atoms with Gasteiger partial charge in [-0.05, 0) is 74.9 Å². The number of piperidine rings is 2. The van der Waals surface area contributed by atoms with E-state index in [4.69, 9.17) is 4.52 Å². The summed E-state index contributed by atoms with van der Waals surface area (Å²) in [5, 5.41) is 6.72. The third kappa shape index (κ3) is 5.80. The first-order valence-electron chi connectivity index (χ1n) is 11.8. The van der Waals surface area contributed by atoms with Gasteiger partial charge in [-0.15, -0.1) is 0 Å². The highest BCUT2D eigenvalue weighted by Gasteiger charge is 2.28. The maximum absolute atomic E-state index is 12.9. The number of hydrogen-bond donors (Lipinski definition) is 1. The average molecular weight is 476 g/mol. The number of amides is 1. The molecule has 9 nitrogen and oxygen atoms in total. The van der Waals surface area contributed by atoms with Crippen molar-refractivity contribution in [1.82, 2.24) is 24.7 Å². The van der Waals surface area contributed by atoms with Gasteiger partial charge in [0.15, 0.2) is 0 Å². The molecule has 10 heteroatoms. The lowest BCUT2D eigenvalue weighted by Gasteiger charge is -2.29. The van der Waals surface area contributed by atoms with Crippen LogP contribution in [0.1, 0.15) is 50.2 Å². The normalized spacial score (nSPS) is 19.6. The van der Waals surface area contributed by atoms with E-state index in [1.54, 1.807) is 28.6 Å². The average Bonchev–Trinajstić information content (AvgIpc) is 3.31. The van der Waals surface area contributed by atoms with Crippen LogP contribution in [0.4, 0.5) is 0 Å². The standard InChI is InChI=1S/C23H33N5O4S/c1-17-7-12-27(13-8-17)16-11-24-22(29)23-25-21(26-32-23)19-3-5-20(6-4-19)33(30,31)28-14-9-18(2)10-15-28/h3-6,17-18H,7-16H2,1-2H3,(H,24,29). The topological polar surface area (TPSA) is 109 Å². The zero-order valence-electron chi connectivity index (χ0n) is 19.4. The number of likely N-dealkylation sites (tertiary alicyclic amines) is 1. The monoisotopic (exact) mass is 475 g/mol. The van der Waals surface area contributed by atoms with Gasteiger partial charge >= 0.3 is 11.8 Å². The molecule has 0 aliphatic carbocycles. The third-order valence-electron chi connectivity index (χ3n) is 6.70. The summed E-state index contributed by atoms with van der Waals surface area (Å²) >= 11 is 0. The molecule has 2 aliphatic rings. The molecule has 1 N–H and O–H groups in total. The molecule has 1 aromatic carbocycles. The number of sulfonamides is 1. The molecule has 1 aromatic heterocycles. The summed E-state index contributed by atoms with van der Waals surface area (Å²) in [6.07, 6.45) is 4.14. The fourth-order valence-electron chi connectivity index (χ4n) is 4.27. The van der Waals surface area contributed by atoms with Crippen molar-refractivity contribution in [3.05, 3.63) is 30.2 Å². The Hall–Kier alpha value is -2.30. The van der Waals surface area contributed by atoms with Gasteiger partial charge in [0.1, 0.15) is 0 Å². The smallest absolute Gasteiger partial charge is 0.316 e. The van der Waals surface area contributed by atoms with Crippen LogP contribution in [0.5, 0.6) is 0 Å². The van der Waals surface area contributed by atoms with Gasteiger partial charge in [-0.3, -0.25) is 4.79 Å². The van der Waals surface area contributed by atoms with E-state index in [0.29, 0.717) is 31.1 Å². The van der Waals surface area contributed by atoms with Gasteiger partial charge in [-0.2, -0.15) is 9.29 Å². The third-order valence-corrected chi connectivity index (χ3v) is 8.62. The fourth-order valence-corrected chi connectivity index (χ4v) is 5.74. The summed E-state index contributed by atoms with van der Waals surface area (Å²) in [5.41, 5.74) is 0.589. The number of carbonyl (C=O) groups excluding carboxylic acids is 1. The summed E-state index contributed by atoms with van der Waals surface area (Å²) in [7, 11) is -3.51. The van der Waals surface area contributed by atoms with Crippen molar-refractivity contribution in [2.45, 2.75) is 44.4 Å². The van der Waals surface area contributed by atoms with E-state index in [-0.39, 0.29) is 16.6 Å². The molecule has 3 heterocycles. The molecule has 0 spiro atoms. The Morgan fingerprint density at radius 1 is 1.03 bits per heavy atom. The van der Waals surface area contributed by atoms with Gasteiger partial charge in [0.2, 0.25) is 15.8 Å². The molecule has 1 amide bonds. The van der Waals surface area contributed by atoms with Crippen molar-refractivity contribution in [3.8, 4) is 11.4 Å². The molecule has 2 fully saturated rings. The van der Waals surface area contributed by atoms with Gasteiger partial charge in [-0.1, -0.05) is 19.0 Å². The number of nitrogens with zero attached hydrogens (tertiary/aromatic N) is 4. The summed E-state index contributed by atoms with van der Waals surface area (Å²) < 4.78 is 32.4. The number of nitrogens with one attached hydrogen (secondary N) is 1. The number of benzene rings is 1. The Morgan fingerprint density at radius 2 is 1.64 bits per heavy atom. The van der Waals surface area contributed by atoms with Gasteiger partial charge in [0, 0.05) is 31.7 Å². The van der Waals surface area contributed by atoms with Crippen molar-refractivity contribution in [1.29, 1.82) is 0 Å². The second-order valence-corrected chi connectivity index (χ2v) is 11.3. The Balaban J connectivity index is 1.33. The zero-order chi connectivity index (χ0) is 23.4. The lowest BCUT2D eigenvalue weighted by Crippen LogP contribution is -2.39. The van der Waals surface area contributed by atoms with Crippen molar-refractivity contribution in [3.63, 3.8) is 0 Å². The summed E-state index contributed by atoms with van der Waals surface area (Å²) in [5.74, 6) is 1.07. The first-order valence-corrected chi connectivity index (χ1v) is 13.2. The van der Waals surface area contributed by atoms with Crippen LogP contribution in [0.2, 0.25) is 0 Å². The minimum absolute atomic E-state index is 0.101. The van der Waals surface area contributed by atoms with Crippen LogP contribution in [0.25, 0.3) is 11.4 Å². The number of hydrogen-bond acceptors (Lipinski definition) is 7. The largest absolute Gasteiger partial charge is 0.347 e. The van der Waals surface area contributed by atoms with E-state index in [2.05, 4.69) is 34.2 Å². The Kier molecular flexibility index (Phi) is 7.45. The van der Waals surface area contributed by atoms with Gasteiger partial charge in [0.25, 0.3) is 0 Å². The molecule has 0 saturated carbocycles. The van der Waals surface area contributed by atoms with Crippen LogP contribution >= 0.6 is 0 Å². The maximum atomic E-state index is 12.9. The van der Waals surface area contributed by atoms with Crippen LogP contribution in [0.3, 0.4) is 0 Å². The predicted octanol–water partition coefficient (Wildman–Crippen LogP) is 2.62. The van der Waals surface area contributed by atoms with Crippen molar-refractivity contribution in [2.75, 3.05) is 39.3 Å². The lowest BCUT2D eigenvalue weighted by molar-refractivity contribution is 0.0901. The van der Waals surface area contributed by atoms with Crippen LogP contribution in [0.15, 0.2) is 33.7 Å². The quantitative estimate of drug-likeness (QED) is 0.656. The van der Waals surface area contributed by atoms with Gasteiger partial charge in [0.05, 0.1) is 4.90 Å². The molecule has 33 heavy (non-hydrogen) atoms. The second-order valence-electron chi connectivity index (χ2n) is 9.31. The predicted molar refractivity (Wildman–Crippen MR) is 124 cm³/mol. The molecule has 2 aliphatic heterocycles. The molecular formula is C23H33N5O4S. The molecule has 4 rings (SSSR count). The molecule has 0 atom stereocenters. The number of rotatable bonds is 7.